The first-order chi connectivity index (χ1) is 16.0. The fourth-order valence-corrected chi connectivity index (χ4v) is 4.02. The van der Waals surface area contributed by atoms with Crippen molar-refractivity contribution in [1.29, 1.82) is 0 Å². The molecule has 1 N–H and O–H groups in total. The van der Waals surface area contributed by atoms with Gasteiger partial charge in [0.2, 0.25) is 12.3 Å². The number of nitrogens with zero attached hydrogens (tertiary/aromatic N) is 5. The van der Waals surface area contributed by atoms with Gasteiger partial charge in [0.15, 0.2) is 0 Å². The third-order valence-electron chi connectivity index (χ3n) is 5.54. The fraction of sp³-hybridized carbons (Fsp3) is 0.364. The lowest BCUT2D eigenvalue weighted by Crippen LogP contribution is -2.43. The highest BCUT2D eigenvalue weighted by molar-refractivity contribution is 6.31. The zero-order valence-electron chi connectivity index (χ0n) is 17.9. The second-order valence-corrected chi connectivity index (χ2v) is 8.20. The molecule has 0 atom stereocenters. The number of pyridine rings is 1. The molecule has 0 spiro atoms. The van der Waals surface area contributed by atoms with E-state index in [1.165, 1.54) is 6.20 Å². The number of carbonyl (C=O) groups is 1. The number of halogens is 3. The SMILES string of the molecule is CN(Cc1ccc(-c2nnc(C(F)F)o2)cn1)c1cc(Cl)ccc1N(C=O)C1CCNCC1. The average Bonchev–Trinajstić information content (AvgIpc) is 3.32. The number of hydrogen-bond acceptors (Lipinski definition) is 7. The van der Waals surface area contributed by atoms with Crippen molar-refractivity contribution in [2.75, 3.05) is 29.9 Å². The number of benzene rings is 1. The zero-order chi connectivity index (χ0) is 23.4. The highest BCUT2D eigenvalue weighted by atomic mass is 35.5. The molecule has 3 heterocycles. The van der Waals surface area contributed by atoms with Crippen LogP contribution in [-0.2, 0) is 11.3 Å². The molecular formula is C22H23ClF2N6O2. The van der Waals surface area contributed by atoms with Gasteiger partial charge < -0.3 is 19.5 Å². The molecule has 0 aliphatic carbocycles. The molecule has 1 aliphatic rings. The Kier molecular flexibility index (Phi) is 7.14. The highest BCUT2D eigenvalue weighted by Gasteiger charge is 2.24. The van der Waals surface area contributed by atoms with Gasteiger partial charge in [0, 0.05) is 24.3 Å². The molecule has 3 aromatic rings. The maximum Gasteiger partial charge on any atom is 0.314 e. The van der Waals surface area contributed by atoms with Crippen LogP contribution in [0.3, 0.4) is 0 Å². The van der Waals surface area contributed by atoms with Crippen molar-refractivity contribution in [2.45, 2.75) is 31.9 Å². The smallest absolute Gasteiger partial charge is 0.314 e. The quantitative estimate of drug-likeness (QED) is 0.490. The standard InChI is InChI=1S/C22H23ClF2N6O2/c1-30(12-16-4-2-14(11-27-16)21-28-29-22(33-21)20(24)25)19-10-15(23)3-5-18(19)31(13-32)17-6-8-26-9-7-17/h2-5,10-11,13,17,20,26H,6-9,12H2,1H3. The van der Waals surface area contributed by atoms with E-state index in [2.05, 4.69) is 20.5 Å². The number of rotatable bonds is 8. The molecule has 174 valence electrons. The molecule has 2 aromatic heterocycles. The number of anilines is 2. The molecule has 1 fully saturated rings. The Labute approximate surface area is 194 Å². The molecule has 1 aromatic carbocycles. The van der Waals surface area contributed by atoms with E-state index in [-0.39, 0.29) is 11.9 Å². The van der Waals surface area contributed by atoms with Gasteiger partial charge in [0.1, 0.15) is 0 Å². The van der Waals surface area contributed by atoms with Gasteiger partial charge in [0.25, 0.3) is 5.89 Å². The van der Waals surface area contributed by atoms with Crippen molar-refractivity contribution < 1.29 is 18.0 Å². The predicted octanol–water partition coefficient (Wildman–Crippen LogP) is 4.07. The van der Waals surface area contributed by atoms with Gasteiger partial charge in [-0.15, -0.1) is 10.2 Å². The number of nitrogens with one attached hydrogen (secondary N) is 1. The lowest BCUT2D eigenvalue weighted by atomic mass is 10.0. The molecule has 0 radical (unpaired) electrons. The van der Waals surface area contributed by atoms with Crippen LogP contribution in [0.4, 0.5) is 20.2 Å². The molecule has 1 amide bonds. The Morgan fingerprint density at radius 1 is 1.21 bits per heavy atom. The maximum absolute atomic E-state index is 12.7. The minimum atomic E-state index is -2.82. The summed E-state index contributed by atoms with van der Waals surface area (Å²) in [4.78, 5) is 20.1. The summed E-state index contributed by atoms with van der Waals surface area (Å²) in [6, 6.07) is 9.01. The largest absolute Gasteiger partial charge is 0.415 e. The van der Waals surface area contributed by atoms with E-state index >= 15 is 0 Å². The number of aromatic nitrogens is 3. The topological polar surface area (TPSA) is 87.4 Å². The van der Waals surface area contributed by atoms with Crippen LogP contribution in [-0.4, -0.2) is 47.8 Å². The first kappa shape index (κ1) is 23.1. The fourth-order valence-electron chi connectivity index (χ4n) is 3.86. The Bertz CT molecular complexity index is 1090. The molecule has 8 nitrogen and oxygen atoms in total. The van der Waals surface area contributed by atoms with Gasteiger partial charge in [-0.3, -0.25) is 9.78 Å². The minimum absolute atomic E-state index is 0.0153. The Balaban J connectivity index is 1.53. The molecule has 0 saturated carbocycles. The van der Waals surface area contributed by atoms with E-state index in [4.69, 9.17) is 16.0 Å². The van der Waals surface area contributed by atoms with Gasteiger partial charge in [-0.1, -0.05) is 11.6 Å². The van der Waals surface area contributed by atoms with Crippen LogP contribution in [0.5, 0.6) is 0 Å². The van der Waals surface area contributed by atoms with Gasteiger partial charge >= 0.3 is 6.43 Å². The van der Waals surface area contributed by atoms with E-state index in [0.29, 0.717) is 17.1 Å². The number of piperidine rings is 1. The molecule has 33 heavy (non-hydrogen) atoms. The number of hydrogen-bond donors (Lipinski definition) is 1. The summed E-state index contributed by atoms with van der Waals surface area (Å²) in [5, 5.41) is 10.8. The van der Waals surface area contributed by atoms with Crippen LogP contribution in [0.1, 0.15) is 30.9 Å². The normalized spacial score (nSPS) is 14.5. The summed E-state index contributed by atoms with van der Waals surface area (Å²) in [5.41, 5.74) is 2.76. The number of alkyl halides is 2. The van der Waals surface area contributed by atoms with Crippen LogP contribution in [0.25, 0.3) is 11.5 Å². The van der Waals surface area contributed by atoms with Crippen LogP contribution >= 0.6 is 11.6 Å². The molecule has 11 heteroatoms. The van der Waals surface area contributed by atoms with E-state index in [1.807, 2.05) is 24.1 Å². The maximum atomic E-state index is 12.7. The van der Waals surface area contributed by atoms with Crippen molar-refractivity contribution >= 4 is 29.4 Å². The Morgan fingerprint density at radius 2 is 2.00 bits per heavy atom. The van der Waals surface area contributed by atoms with Gasteiger partial charge in [-0.05, 0) is 56.3 Å². The number of amides is 1. The summed E-state index contributed by atoms with van der Waals surface area (Å²) < 4.78 is 30.3. The molecule has 1 aliphatic heterocycles. The first-order valence-corrected chi connectivity index (χ1v) is 10.9. The second-order valence-electron chi connectivity index (χ2n) is 7.77. The van der Waals surface area contributed by atoms with E-state index < -0.39 is 12.3 Å². The van der Waals surface area contributed by atoms with Gasteiger partial charge in [-0.2, -0.15) is 8.78 Å². The molecule has 1 saturated heterocycles. The molecular weight excluding hydrogens is 454 g/mol. The summed E-state index contributed by atoms with van der Waals surface area (Å²) in [7, 11) is 1.89. The molecule has 0 unspecified atom stereocenters. The lowest BCUT2D eigenvalue weighted by Gasteiger charge is -2.34. The van der Waals surface area contributed by atoms with E-state index in [0.717, 1.165) is 49.4 Å². The van der Waals surface area contributed by atoms with Crippen molar-refractivity contribution in [2.24, 2.45) is 0 Å². The average molecular weight is 477 g/mol. The minimum Gasteiger partial charge on any atom is -0.415 e. The summed E-state index contributed by atoms with van der Waals surface area (Å²) in [6.07, 6.45) is 1.29. The van der Waals surface area contributed by atoms with Gasteiger partial charge in [-0.25, -0.2) is 0 Å². The van der Waals surface area contributed by atoms with Crippen LogP contribution < -0.4 is 15.1 Å². The molecule has 0 bridgehead atoms. The lowest BCUT2D eigenvalue weighted by molar-refractivity contribution is -0.108. The van der Waals surface area contributed by atoms with Crippen molar-refractivity contribution in [1.82, 2.24) is 20.5 Å². The predicted molar refractivity (Wildman–Crippen MR) is 120 cm³/mol. The van der Waals surface area contributed by atoms with Crippen molar-refractivity contribution in [3.8, 4) is 11.5 Å². The van der Waals surface area contributed by atoms with Crippen molar-refractivity contribution in [3.05, 3.63) is 53.1 Å². The second kappa shape index (κ2) is 10.2. The monoisotopic (exact) mass is 476 g/mol. The summed E-state index contributed by atoms with van der Waals surface area (Å²) in [5.74, 6) is -0.741. The molecule has 4 rings (SSSR count). The number of carbonyl (C=O) groups excluding carboxylic acids is 1. The van der Waals surface area contributed by atoms with Gasteiger partial charge in [0.05, 0.1) is 29.2 Å². The first-order valence-electron chi connectivity index (χ1n) is 10.5. The van der Waals surface area contributed by atoms with E-state index in [1.54, 1.807) is 23.1 Å². The Morgan fingerprint density at radius 3 is 2.64 bits per heavy atom. The van der Waals surface area contributed by atoms with Crippen molar-refractivity contribution in [3.63, 3.8) is 0 Å². The van der Waals surface area contributed by atoms with E-state index in [9.17, 15) is 13.6 Å². The summed E-state index contributed by atoms with van der Waals surface area (Å²) >= 11 is 6.27. The Hall–Kier alpha value is -3.11. The third kappa shape index (κ3) is 5.28. The highest BCUT2D eigenvalue weighted by Crippen LogP contribution is 2.34. The van der Waals surface area contributed by atoms with Crippen LogP contribution in [0.2, 0.25) is 5.02 Å². The zero-order valence-corrected chi connectivity index (χ0v) is 18.7. The summed E-state index contributed by atoms with van der Waals surface area (Å²) in [6.45, 7) is 2.16. The van der Waals surface area contributed by atoms with Crippen LogP contribution in [0.15, 0.2) is 40.9 Å². The third-order valence-corrected chi connectivity index (χ3v) is 5.78. The van der Waals surface area contributed by atoms with Crippen LogP contribution in [0, 0.1) is 0 Å².